The van der Waals surface area contributed by atoms with Gasteiger partial charge in [0.15, 0.2) is 0 Å². The number of rotatable bonds is 6. The van der Waals surface area contributed by atoms with Crippen LogP contribution in [0.15, 0.2) is 35.3 Å². The van der Waals surface area contributed by atoms with E-state index in [0.29, 0.717) is 11.4 Å². The van der Waals surface area contributed by atoms with Gasteiger partial charge in [0.05, 0.1) is 11.9 Å². The molecule has 3 N–H and O–H groups in total. The molecule has 1 atom stereocenters. The number of aryl methyl sites for hydroxylation is 1. The molecule has 0 aliphatic heterocycles. The highest BCUT2D eigenvalue weighted by Crippen LogP contribution is 2.15. The van der Waals surface area contributed by atoms with Gasteiger partial charge in [-0.1, -0.05) is 23.7 Å². The van der Waals surface area contributed by atoms with Crippen LogP contribution < -0.4 is 15.6 Å². The number of anilines is 1. The zero-order chi connectivity index (χ0) is 15.2. The third-order valence-electron chi connectivity index (χ3n) is 2.76. The maximum Gasteiger partial charge on any atom is 0.285 e. The molecule has 1 unspecified atom stereocenters. The molecule has 1 heterocycles. The lowest BCUT2D eigenvalue weighted by atomic mass is 10.2. The molecule has 0 spiro atoms. The van der Waals surface area contributed by atoms with Gasteiger partial charge in [0, 0.05) is 6.54 Å². The Labute approximate surface area is 126 Å². The van der Waals surface area contributed by atoms with Gasteiger partial charge in [-0.05, 0) is 24.6 Å². The number of aliphatic hydroxyl groups excluding tert-OH is 1. The van der Waals surface area contributed by atoms with Gasteiger partial charge in [-0.3, -0.25) is 4.79 Å². The maximum atomic E-state index is 11.2. The molecule has 21 heavy (non-hydrogen) atoms. The van der Waals surface area contributed by atoms with Crippen LogP contribution >= 0.6 is 11.6 Å². The van der Waals surface area contributed by atoms with Crippen molar-refractivity contribution in [3.8, 4) is 5.75 Å². The first-order valence-electron chi connectivity index (χ1n) is 6.41. The Morgan fingerprint density at radius 3 is 3.10 bits per heavy atom. The molecule has 6 nitrogen and oxygen atoms in total. The Kier molecular flexibility index (Phi) is 5.19. The Hall–Kier alpha value is -2.05. The van der Waals surface area contributed by atoms with Gasteiger partial charge in [0.1, 0.15) is 23.5 Å². The quantitative estimate of drug-likeness (QED) is 0.754. The van der Waals surface area contributed by atoms with Gasteiger partial charge < -0.3 is 15.2 Å². The summed E-state index contributed by atoms with van der Waals surface area (Å²) in [6.07, 6.45) is 0.638. The fourth-order valence-corrected chi connectivity index (χ4v) is 1.85. The highest BCUT2D eigenvalue weighted by atomic mass is 35.5. The minimum Gasteiger partial charge on any atom is -0.491 e. The van der Waals surface area contributed by atoms with Crippen molar-refractivity contribution >= 4 is 17.3 Å². The average molecular weight is 310 g/mol. The van der Waals surface area contributed by atoms with Crippen LogP contribution in [0.3, 0.4) is 0 Å². The van der Waals surface area contributed by atoms with Crippen LogP contribution in [0.2, 0.25) is 5.02 Å². The van der Waals surface area contributed by atoms with E-state index in [4.69, 9.17) is 16.3 Å². The number of aliphatic hydroxyl groups is 1. The Balaban J connectivity index is 1.83. The number of hydrogen-bond donors (Lipinski definition) is 3. The van der Waals surface area contributed by atoms with Gasteiger partial charge in [0.25, 0.3) is 5.56 Å². The number of aromatic nitrogens is 2. The van der Waals surface area contributed by atoms with Crippen LogP contribution in [0.25, 0.3) is 0 Å². The van der Waals surface area contributed by atoms with E-state index in [1.165, 1.54) is 6.20 Å². The van der Waals surface area contributed by atoms with Crippen molar-refractivity contribution < 1.29 is 9.84 Å². The van der Waals surface area contributed by atoms with Gasteiger partial charge in [-0.2, -0.15) is 5.10 Å². The number of nitrogens with zero attached hydrogens (tertiary/aromatic N) is 1. The highest BCUT2D eigenvalue weighted by Gasteiger charge is 2.09. The molecule has 0 aliphatic rings. The molecule has 112 valence electrons. The summed E-state index contributed by atoms with van der Waals surface area (Å²) in [6, 6.07) is 7.56. The normalized spacial score (nSPS) is 12.0. The lowest BCUT2D eigenvalue weighted by molar-refractivity contribution is 0.117. The number of nitrogens with one attached hydrogen (secondary N) is 2. The molecule has 1 aromatic heterocycles. The summed E-state index contributed by atoms with van der Waals surface area (Å²) in [4.78, 5) is 11.2. The number of aromatic amines is 1. The van der Waals surface area contributed by atoms with Gasteiger partial charge in [0.2, 0.25) is 0 Å². The van der Waals surface area contributed by atoms with Crippen LogP contribution in [-0.2, 0) is 0 Å². The first-order valence-corrected chi connectivity index (χ1v) is 6.78. The SMILES string of the molecule is Cc1cccc(OCC(O)CNc2cn[nH]c(=O)c2Cl)c1. The summed E-state index contributed by atoms with van der Waals surface area (Å²) < 4.78 is 5.48. The molecule has 0 aliphatic carbocycles. The van der Waals surface area contributed by atoms with Crippen LogP contribution in [0.1, 0.15) is 5.56 Å². The largest absolute Gasteiger partial charge is 0.491 e. The summed E-state index contributed by atoms with van der Waals surface area (Å²) in [5.41, 5.74) is 0.976. The van der Waals surface area contributed by atoms with Gasteiger partial charge in [-0.25, -0.2) is 5.10 Å². The van der Waals surface area contributed by atoms with E-state index >= 15 is 0 Å². The summed E-state index contributed by atoms with van der Waals surface area (Å²) in [7, 11) is 0. The van der Waals surface area contributed by atoms with Crippen molar-refractivity contribution in [2.75, 3.05) is 18.5 Å². The topological polar surface area (TPSA) is 87.2 Å². The van der Waals surface area contributed by atoms with E-state index in [1.54, 1.807) is 0 Å². The maximum absolute atomic E-state index is 11.2. The highest BCUT2D eigenvalue weighted by molar-refractivity contribution is 6.32. The molecule has 0 fully saturated rings. The third kappa shape index (κ3) is 4.47. The summed E-state index contributed by atoms with van der Waals surface area (Å²) in [5.74, 6) is 0.699. The predicted octanol–water partition coefficient (Wildman–Crippen LogP) is 1.58. The van der Waals surface area contributed by atoms with Gasteiger partial charge >= 0.3 is 0 Å². The zero-order valence-electron chi connectivity index (χ0n) is 11.5. The Bertz CT molecular complexity index is 660. The van der Waals surface area contributed by atoms with Crippen molar-refractivity contribution in [1.29, 1.82) is 0 Å². The van der Waals surface area contributed by atoms with Crippen molar-refractivity contribution in [1.82, 2.24) is 10.2 Å². The summed E-state index contributed by atoms with van der Waals surface area (Å²) in [5, 5.41) is 18.6. The number of benzene rings is 1. The van der Waals surface area contributed by atoms with Crippen LogP contribution in [-0.4, -0.2) is 34.6 Å². The molecule has 0 saturated carbocycles. The van der Waals surface area contributed by atoms with Crippen LogP contribution in [0.4, 0.5) is 5.69 Å². The Morgan fingerprint density at radius 1 is 1.52 bits per heavy atom. The van der Waals surface area contributed by atoms with E-state index in [2.05, 4.69) is 15.5 Å². The molecule has 0 bridgehead atoms. The molecule has 7 heteroatoms. The number of H-pyrrole nitrogens is 1. The smallest absolute Gasteiger partial charge is 0.285 e. The lowest BCUT2D eigenvalue weighted by Crippen LogP contribution is -2.27. The summed E-state index contributed by atoms with van der Waals surface area (Å²) in [6.45, 7) is 2.29. The van der Waals surface area contributed by atoms with E-state index in [0.717, 1.165) is 5.56 Å². The third-order valence-corrected chi connectivity index (χ3v) is 3.13. The van der Waals surface area contributed by atoms with Crippen LogP contribution in [0.5, 0.6) is 5.75 Å². The first kappa shape index (κ1) is 15.3. The molecule has 2 aromatic rings. The van der Waals surface area contributed by atoms with E-state index < -0.39 is 11.7 Å². The van der Waals surface area contributed by atoms with Crippen molar-refractivity contribution in [2.45, 2.75) is 13.0 Å². The van der Waals surface area contributed by atoms with Gasteiger partial charge in [-0.15, -0.1) is 0 Å². The molecular weight excluding hydrogens is 294 g/mol. The van der Waals surface area contributed by atoms with Crippen molar-refractivity contribution in [2.24, 2.45) is 0 Å². The monoisotopic (exact) mass is 309 g/mol. The standard InChI is InChI=1S/C14H16ClN3O3/c1-9-3-2-4-11(5-9)21-8-10(19)6-16-12-7-17-18-14(20)13(12)15/h2-5,7,10,19H,6,8H2,1H3,(H2,16,18,20). The first-order chi connectivity index (χ1) is 10.1. The second-order valence-corrected chi connectivity index (χ2v) is 4.97. The molecule has 0 radical (unpaired) electrons. The number of halogens is 1. The lowest BCUT2D eigenvalue weighted by Gasteiger charge is -2.14. The Morgan fingerprint density at radius 2 is 2.33 bits per heavy atom. The van der Waals surface area contributed by atoms with Crippen LogP contribution in [0, 0.1) is 6.92 Å². The summed E-state index contributed by atoms with van der Waals surface area (Å²) >= 11 is 5.81. The molecule has 0 saturated heterocycles. The second-order valence-electron chi connectivity index (χ2n) is 4.59. The van der Waals surface area contributed by atoms with E-state index in [-0.39, 0.29) is 18.2 Å². The number of hydrogen-bond acceptors (Lipinski definition) is 5. The fourth-order valence-electron chi connectivity index (χ4n) is 1.69. The van der Waals surface area contributed by atoms with E-state index in [9.17, 15) is 9.90 Å². The molecule has 0 amide bonds. The van der Waals surface area contributed by atoms with Crippen molar-refractivity contribution in [3.63, 3.8) is 0 Å². The van der Waals surface area contributed by atoms with Crippen molar-refractivity contribution in [3.05, 3.63) is 51.4 Å². The van der Waals surface area contributed by atoms with E-state index in [1.807, 2.05) is 31.2 Å². The predicted molar refractivity (Wildman–Crippen MR) is 81.0 cm³/mol. The zero-order valence-corrected chi connectivity index (χ0v) is 12.2. The molecule has 2 rings (SSSR count). The number of ether oxygens (including phenoxy) is 1. The molecular formula is C14H16ClN3O3. The average Bonchev–Trinajstić information content (AvgIpc) is 2.47. The molecule has 1 aromatic carbocycles. The minimum absolute atomic E-state index is 0.0109. The fraction of sp³-hybridized carbons (Fsp3) is 0.286. The second kappa shape index (κ2) is 7.10. The minimum atomic E-state index is -0.749.